The number of ether oxygens (including phenoxy) is 1. The molecule has 0 aliphatic carbocycles. The summed E-state index contributed by atoms with van der Waals surface area (Å²) in [5, 5.41) is 6.20. The van der Waals surface area contributed by atoms with Crippen LogP contribution in [0.15, 0.2) is 63.2 Å². The molecular weight excluding hydrogens is 390 g/mol. The Balaban J connectivity index is 1.90. The van der Waals surface area contributed by atoms with Crippen molar-refractivity contribution in [2.45, 2.75) is 6.54 Å². The molecule has 0 unspecified atom stereocenters. The predicted molar refractivity (Wildman–Crippen MR) is 96.1 cm³/mol. The molecule has 0 bridgehead atoms. The minimum atomic E-state index is -0.883. The van der Waals surface area contributed by atoms with E-state index in [9.17, 15) is 9.59 Å². The third kappa shape index (κ3) is 5.92. The van der Waals surface area contributed by atoms with Gasteiger partial charge in [-0.05, 0) is 30.3 Å². The van der Waals surface area contributed by atoms with Crippen LogP contribution in [0.1, 0.15) is 11.3 Å². The standard InChI is InChI=1S/C17H16BrN3O4/c1-2-7-25-15-6-5-13(18)9-12(15)10-20-21-17(23)16(22)19-11-14-4-3-8-24-14/h2-6,8-10H,1,7,11H2,(H,19,22)(H,21,23)/b20-10-. The number of rotatable bonds is 7. The highest BCUT2D eigenvalue weighted by Gasteiger charge is 2.12. The SMILES string of the molecule is C=CCOc1ccc(Br)cc1/C=N\NC(=O)C(=O)NCc1ccco1. The Morgan fingerprint density at radius 2 is 2.16 bits per heavy atom. The molecule has 0 fully saturated rings. The van der Waals surface area contributed by atoms with Crippen molar-refractivity contribution in [3.8, 4) is 5.75 Å². The van der Waals surface area contributed by atoms with Gasteiger partial charge in [-0.25, -0.2) is 5.43 Å². The highest BCUT2D eigenvalue weighted by molar-refractivity contribution is 9.10. The van der Waals surface area contributed by atoms with Crippen LogP contribution < -0.4 is 15.5 Å². The second kappa shape index (κ2) is 9.43. The van der Waals surface area contributed by atoms with E-state index in [4.69, 9.17) is 9.15 Å². The van der Waals surface area contributed by atoms with Crippen LogP contribution in [0.25, 0.3) is 0 Å². The van der Waals surface area contributed by atoms with Crippen LogP contribution in [0.3, 0.4) is 0 Å². The third-order valence-electron chi connectivity index (χ3n) is 2.91. The zero-order valence-electron chi connectivity index (χ0n) is 13.2. The molecular formula is C17H16BrN3O4. The van der Waals surface area contributed by atoms with E-state index in [0.717, 1.165) is 4.47 Å². The molecule has 0 aliphatic heterocycles. The Kier molecular flexibility index (Phi) is 6.97. The summed E-state index contributed by atoms with van der Waals surface area (Å²) in [6.07, 6.45) is 4.49. The second-order valence-corrected chi connectivity index (χ2v) is 5.66. The van der Waals surface area contributed by atoms with Gasteiger partial charge in [0.25, 0.3) is 0 Å². The zero-order valence-corrected chi connectivity index (χ0v) is 14.8. The van der Waals surface area contributed by atoms with Gasteiger partial charge in [0, 0.05) is 10.0 Å². The first-order chi connectivity index (χ1) is 12.1. The van der Waals surface area contributed by atoms with Crippen LogP contribution in [0, 0.1) is 0 Å². The molecule has 0 saturated carbocycles. The molecule has 130 valence electrons. The van der Waals surface area contributed by atoms with Gasteiger partial charge in [-0.3, -0.25) is 9.59 Å². The summed E-state index contributed by atoms with van der Waals surface area (Å²) < 4.78 is 11.4. The summed E-state index contributed by atoms with van der Waals surface area (Å²) in [7, 11) is 0. The van der Waals surface area contributed by atoms with E-state index >= 15 is 0 Å². The van der Waals surface area contributed by atoms with E-state index in [1.165, 1.54) is 12.5 Å². The maximum atomic E-state index is 11.7. The van der Waals surface area contributed by atoms with Gasteiger partial charge in [0.1, 0.15) is 18.1 Å². The lowest BCUT2D eigenvalue weighted by Gasteiger charge is -2.07. The lowest BCUT2D eigenvalue weighted by Crippen LogP contribution is -2.37. The van der Waals surface area contributed by atoms with E-state index < -0.39 is 11.8 Å². The van der Waals surface area contributed by atoms with Crippen molar-refractivity contribution in [2.75, 3.05) is 6.61 Å². The van der Waals surface area contributed by atoms with E-state index in [2.05, 4.69) is 38.4 Å². The fourth-order valence-corrected chi connectivity index (χ4v) is 2.15. The first kappa shape index (κ1) is 18.5. The van der Waals surface area contributed by atoms with Crippen molar-refractivity contribution >= 4 is 34.0 Å². The van der Waals surface area contributed by atoms with Crippen LogP contribution in [-0.4, -0.2) is 24.6 Å². The fourth-order valence-electron chi connectivity index (χ4n) is 1.77. The molecule has 1 aromatic carbocycles. The van der Waals surface area contributed by atoms with Crippen molar-refractivity contribution in [1.82, 2.24) is 10.7 Å². The first-order valence-electron chi connectivity index (χ1n) is 7.27. The summed E-state index contributed by atoms with van der Waals surface area (Å²) in [5.41, 5.74) is 2.79. The summed E-state index contributed by atoms with van der Waals surface area (Å²) in [5.74, 6) is -0.580. The molecule has 2 rings (SSSR count). The Morgan fingerprint density at radius 3 is 2.88 bits per heavy atom. The molecule has 0 saturated heterocycles. The number of furan rings is 1. The number of amides is 2. The zero-order chi connectivity index (χ0) is 18.1. The maximum Gasteiger partial charge on any atom is 0.329 e. The number of halogens is 1. The number of nitrogens with zero attached hydrogens (tertiary/aromatic N) is 1. The fraction of sp³-hybridized carbons (Fsp3) is 0.118. The summed E-state index contributed by atoms with van der Waals surface area (Å²) >= 11 is 3.35. The summed E-state index contributed by atoms with van der Waals surface area (Å²) in [4.78, 5) is 23.4. The number of nitrogens with one attached hydrogen (secondary N) is 2. The molecule has 0 spiro atoms. The molecule has 0 aliphatic rings. The lowest BCUT2D eigenvalue weighted by molar-refractivity contribution is -0.139. The molecule has 7 nitrogen and oxygen atoms in total. The largest absolute Gasteiger partial charge is 0.489 e. The van der Waals surface area contributed by atoms with Gasteiger partial charge in [0.2, 0.25) is 0 Å². The van der Waals surface area contributed by atoms with E-state index in [1.807, 2.05) is 6.07 Å². The molecule has 1 aromatic heterocycles. The maximum absolute atomic E-state index is 11.7. The average molecular weight is 406 g/mol. The smallest absolute Gasteiger partial charge is 0.329 e. The van der Waals surface area contributed by atoms with E-state index in [-0.39, 0.29) is 6.54 Å². The number of hydrazone groups is 1. The monoisotopic (exact) mass is 405 g/mol. The summed E-state index contributed by atoms with van der Waals surface area (Å²) in [6, 6.07) is 8.72. The molecule has 0 atom stereocenters. The van der Waals surface area contributed by atoms with Crippen molar-refractivity contribution < 1.29 is 18.7 Å². The third-order valence-corrected chi connectivity index (χ3v) is 3.40. The Bertz CT molecular complexity index is 772. The number of carbonyl (C=O) groups is 2. The van der Waals surface area contributed by atoms with Gasteiger partial charge >= 0.3 is 11.8 Å². The molecule has 25 heavy (non-hydrogen) atoms. The number of benzene rings is 1. The molecule has 0 radical (unpaired) electrons. The van der Waals surface area contributed by atoms with Gasteiger partial charge in [-0.1, -0.05) is 28.6 Å². The van der Waals surface area contributed by atoms with Gasteiger partial charge in [-0.15, -0.1) is 0 Å². The van der Waals surface area contributed by atoms with Crippen molar-refractivity contribution in [1.29, 1.82) is 0 Å². The average Bonchev–Trinajstić information content (AvgIpc) is 3.12. The van der Waals surface area contributed by atoms with Gasteiger partial charge in [0.05, 0.1) is 19.0 Å². The van der Waals surface area contributed by atoms with Crippen molar-refractivity contribution in [3.63, 3.8) is 0 Å². The van der Waals surface area contributed by atoms with E-state index in [0.29, 0.717) is 23.7 Å². The topological polar surface area (TPSA) is 92.9 Å². The quantitative estimate of drug-likeness (QED) is 0.320. The Morgan fingerprint density at radius 1 is 1.32 bits per heavy atom. The van der Waals surface area contributed by atoms with Crippen molar-refractivity contribution in [2.24, 2.45) is 5.10 Å². The Labute approximate surface area is 152 Å². The van der Waals surface area contributed by atoms with Crippen LogP contribution in [0.4, 0.5) is 0 Å². The minimum Gasteiger partial charge on any atom is -0.489 e. The number of hydrogen-bond acceptors (Lipinski definition) is 5. The number of carbonyl (C=O) groups excluding carboxylic acids is 2. The Hall–Kier alpha value is -2.87. The van der Waals surface area contributed by atoms with Crippen LogP contribution in [-0.2, 0) is 16.1 Å². The highest BCUT2D eigenvalue weighted by atomic mass is 79.9. The number of hydrogen-bond donors (Lipinski definition) is 2. The molecule has 8 heteroatoms. The summed E-state index contributed by atoms with van der Waals surface area (Å²) in [6.45, 7) is 4.04. The molecule has 2 N–H and O–H groups in total. The highest BCUT2D eigenvalue weighted by Crippen LogP contribution is 2.21. The normalized spacial score (nSPS) is 10.4. The van der Waals surface area contributed by atoms with Crippen LogP contribution in [0.2, 0.25) is 0 Å². The first-order valence-corrected chi connectivity index (χ1v) is 8.06. The van der Waals surface area contributed by atoms with Crippen molar-refractivity contribution in [3.05, 3.63) is 65.0 Å². The molecule has 2 aromatic rings. The molecule has 2 amide bonds. The van der Waals surface area contributed by atoms with Crippen LogP contribution >= 0.6 is 15.9 Å². The molecule has 1 heterocycles. The van der Waals surface area contributed by atoms with Gasteiger partial charge in [-0.2, -0.15) is 5.10 Å². The minimum absolute atomic E-state index is 0.119. The van der Waals surface area contributed by atoms with Gasteiger partial charge < -0.3 is 14.5 Å². The lowest BCUT2D eigenvalue weighted by atomic mass is 10.2. The predicted octanol–water partition coefficient (Wildman–Crippen LogP) is 2.37. The van der Waals surface area contributed by atoms with Gasteiger partial charge in [0.15, 0.2) is 0 Å². The van der Waals surface area contributed by atoms with E-state index in [1.54, 1.807) is 30.3 Å². The van der Waals surface area contributed by atoms with Crippen LogP contribution in [0.5, 0.6) is 5.75 Å². The second-order valence-electron chi connectivity index (χ2n) is 4.74.